The summed E-state index contributed by atoms with van der Waals surface area (Å²) in [6, 6.07) is 19.3. The van der Waals surface area contributed by atoms with Crippen molar-refractivity contribution in [1.82, 2.24) is 10.2 Å². The third-order valence-corrected chi connectivity index (χ3v) is 10.8. The number of nitrogens with one attached hydrogen (secondary N) is 1. The van der Waals surface area contributed by atoms with E-state index in [0.717, 1.165) is 53.9 Å². The number of hydrogen-bond acceptors (Lipinski definition) is 8. The van der Waals surface area contributed by atoms with E-state index in [-0.39, 0.29) is 34.5 Å². The molecule has 3 fully saturated rings. The first-order valence-corrected chi connectivity index (χ1v) is 17.7. The Morgan fingerprint density at radius 2 is 1.65 bits per heavy atom. The van der Waals surface area contributed by atoms with Gasteiger partial charge in [-0.05, 0) is 78.7 Å². The molecule has 4 heterocycles. The number of esters is 1. The Bertz CT molecular complexity index is 1840. The van der Waals surface area contributed by atoms with Crippen LogP contribution in [0.2, 0.25) is 10.0 Å². The van der Waals surface area contributed by atoms with Gasteiger partial charge in [0.1, 0.15) is 16.1 Å². The summed E-state index contributed by atoms with van der Waals surface area (Å²) in [4.78, 5) is 28.8. The maximum absolute atomic E-state index is 13.7. The minimum atomic E-state index is -1.10. The van der Waals surface area contributed by atoms with E-state index in [1.54, 1.807) is 24.3 Å². The molecule has 1 unspecified atom stereocenters. The largest absolute Gasteiger partial charge is 0.493 e. The lowest BCUT2D eigenvalue weighted by Crippen LogP contribution is -2.49. The molecule has 0 amide bonds. The Morgan fingerprint density at radius 1 is 0.941 bits per heavy atom. The summed E-state index contributed by atoms with van der Waals surface area (Å²) in [6.45, 7) is 3.83. The van der Waals surface area contributed by atoms with E-state index >= 15 is 0 Å². The number of methoxy groups -OCH3 is 2. The Morgan fingerprint density at radius 3 is 2.27 bits per heavy atom. The molecule has 12 heteroatoms. The van der Waals surface area contributed by atoms with Crippen LogP contribution in [0, 0.1) is 11.8 Å². The normalized spacial score (nSPS) is 19.3. The number of fused-ring (bicyclic) bond motifs is 3. The predicted octanol–water partition coefficient (Wildman–Crippen LogP) is 6.32. The van der Waals surface area contributed by atoms with E-state index in [1.807, 2.05) is 42.5 Å². The molecule has 2 bridgehead atoms. The fourth-order valence-electron chi connectivity index (χ4n) is 7.37. The average Bonchev–Trinajstić information content (AvgIpc) is 3.14. The first kappa shape index (κ1) is 36.4. The van der Waals surface area contributed by atoms with Crippen molar-refractivity contribution in [2.45, 2.75) is 37.8 Å². The highest BCUT2D eigenvalue weighted by Gasteiger charge is 2.35. The molecule has 3 aliphatic rings. The van der Waals surface area contributed by atoms with Crippen LogP contribution in [0.1, 0.15) is 63.0 Å². The summed E-state index contributed by atoms with van der Waals surface area (Å²) in [5.41, 5.74) is 3.38. The summed E-state index contributed by atoms with van der Waals surface area (Å²) in [5, 5.41) is 24.2. The van der Waals surface area contributed by atoms with Crippen LogP contribution < -0.4 is 19.5 Å². The van der Waals surface area contributed by atoms with Crippen LogP contribution in [-0.4, -0.2) is 67.6 Å². The number of nitrogens with zero attached hydrogens (tertiary/aromatic N) is 2. The number of halogens is 2. The maximum atomic E-state index is 13.7. The zero-order valence-electron chi connectivity index (χ0n) is 28.6. The van der Waals surface area contributed by atoms with Gasteiger partial charge in [0.2, 0.25) is 12.4 Å². The molecule has 10 nitrogen and oxygen atoms in total. The molecule has 3 atom stereocenters. The number of carboxylic acid groups (broad SMARTS) is 1. The fraction of sp³-hybridized carbons (Fsp3) is 0.359. The topological polar surface area (TPSA) is 121 Å². The van der Waals surface area contributed by atoms with Gasteiger partial charge in [-0.1, -0.05) is 71.7 Å². The van der Waals surface area contributed by atoms with E-state index in [0.29, 0.717) is 41.1 Å². The number of hydrogen-bond donors (Lipinski definition) is 3. The number of carbonyl (C=O) groups excluding carboxylic acids is 1. The monoisotopic (exact) mass is 734 g/mol. The quantitative estimate of drug-likeness (QED) is 0.0776. The summed E-state index contributed by atoms with van der Waals surface area (Å²) in [5.74, 6) is -0.125. The van der Waals surface area contributed by atoms with Gasteiger partial charge in [0.05, 0.1) is 26.4 Å². The number of aromatic carboxylic acids is 1. The predicted molar refractivity (Wildman–Crippen MR) is 192 cm³/mol. The van der Waals surface area contributed by atoms with Crippen LogP contribution in [0.25, 0.3) is 0 Å². The van der Waals surface area contributed by atoms with Gasteiger partial charge < -0.3 is 24.2 Å². The molecule has 3 aromatic carbocycles. The molecule has 0 saturated carbocycles. The second-order valence-corrected chi connectivity index (χ2v) is 14.0. The van der Waals surface area contributed by atoms with Crippen LogP contribution in [-0.2, 0) is 22.5 Å². The summed E-state index contributed by atoms with van der Waals surface area (Å²) in [7, 11) is 3.07. The van der Waals surface area contributed by atoms with Crippen molar-refractivity contribution in [2.24, 2.45) is 11.8 Å². The minimum absolute atomic E-state index is 0.0930. The van der Waals surface area contributed by atoms with Crippen LogP contribution in [0.15, 0.2) is 79.1 Å². The number of pyridine rings is 1. The zero-order chi connectivity index (χ0) is 36.1. The molecule has 0 radical (unpaired) electrons. The molecule has 4 aromatic rings. The van der Waals surface area contributed by atoms with Crippen molar-refractivity contribution in [1.29, 1.82) is 0 Å². The van der Waals surface area contributed by atoms with Crippen molar-refractivity contribution >= 4 is 35.1 Å². The Hall–Kier alpha value is -4.35. The highest BCUT2D eigenvalue weighted by molar-refractivity contribution is 6.35. The van der Waals surface area contributed by atoms with E-state index in [1.165, 1.54) is 26.6 Å². The number of carbonyl (C=O) groups is 2. The third-order valence-electron chi connectivity index (χ3n) is 10.1. The van der Waals surface area contributed by atoms with E-state index in [9.17, 15) is 19.9 Å². The molecular formula is C39H42Cl2N3O7+. The van der Waals surface area contributed by atoms with Crippen LogP contribution >= 0.6 is 23.2 Å². The highest BCUT2D eigenvalue weighted by Crippen LogP contribution is 2.39. The smallest absolute Gasteiger partial charge is 0.335 e. The van der Waals surface area contributed by atoms with Crippen LogP contribution in [0.3, 0.4) is 0 Å². The van der Waals surface area contributed by atoms with Gasteiger partial charge in [0.15, 0.2) is 11.5 Å². The standard InChI is InChI=1S/C39H41Cl2N3O7/c1-49-35-11-9-27(17-36(35)50-2)30(18-32-33(40)21-44(48)22-34(32)41)31-16-24(8-10-29(31)38(45)46)19-42-37(26-6-4-3-5-7-26)39(47)51-23-28-20-43-14-12-25(28)13-15-43/h3-11,16-17,21-22,25,28,30,37,42H,12-15,18-20,23H2,1-2H3,(H-,45,46,48)/p+1/t28-,30-,37?/m0/s1. The third kappa shape index (κ3) is 8.42. The Kier molecular flexibility index (Phi) is 11.7. The van der Waals surface area contributed by atoms with Gasteiger partial charge in [-0.15, -0.1) is 0 Å². The van der Waals surface area contributed by atoms with Gasteiger partial charge in [-0.25, -0.2) is 9.59 Å². The van der Waals surface area contributed by atoms with Gasteiger partial charge in [0, 0.05) is 35.2 Å². The van der Waals surface area contributed by atoms with E-state index in [4.69, 9.17) is 37.4 Å². The van der Waals surface area contributed by atoms with E-state index in [2.05, 4.69) is 10.2 Å². The fourth-order valence-corrected chi connectivity index (χ4v) is 7.98. The number of rotatable bonds is 14. The molecule has 0 aliphatic carbocycles. The summed E-state index contributed by atoms with van der Waals surface area (Å²) in [6.07, 6.45) is 5.14. The van der Waals surface area contributed by atoms with Gasteiger partial charge >= 0.3 is 11.9 Å². The SMILES string of the molecule is COc1ccc([C@H](Cc2c(Cl)c[n+](O)cc2Cl)c2cc(CNC(C(=O)OC[C@@H]3CN4CCC3CC4)c3ccccc3)ccc2C(=O)O)cc1OC. The van der Waals surface area contributed by atoms with Gasteiger partial charge in [0.25, 0.3) is 0 Å². The Balaban J connectivity index is 1.32. The molecule has 3 aliphatic heterocycles. The van der Waals surface area contributed by atoms with Crippen LogP contribution in [0.4, 0.5) is 0 Å². The van der Waals surface area contributed by atoms with Crippen molar-refractivity contribution < 1.29 is 38.8 Å². The maximum Gasteiger partial charge on any atom is 0.335 e. The second-order valence-electron chi connectivity index (χ2n) is 13.2. The van der Waals surface area contributed by atoms with E-state index < -0.39 is 17.9 Å². The lowest BCUT2D eigenvalue weighted by Gasteiger charge is -2.44. The summed E-state index contributed by atoms with van der Waals surface area (Å²) >= 11 is 13.2. The average molecular weight is 736 g/mol. The molecular weight excluding hydrogens is 693 g/mol. The first-order valence-electron chi connectivity index (χ1n) is 17.0. The van der Waals surface area contributed by atoms with Crippen LogP contribution in [0.5, 0.6) is 11.5 Å². The molecule has 51 heavy (non-hydrogen) atoms. The lowest BCUT2D eigenvalue weighted by atomic mass is 9.79. The molecule has 0 spiro atoms. The molecule has 7 rings (SSSR count). The van der Waals surface area contributed by atoms with Crippen molar-refractivity contribution in [3.63, 3.8) is 0 Å². The molecule has 1 aromatic heterocycles. The zero-order valence-corrected chi connectivity index (χ0v) is 30.1. The van der Waals surface area contributed by atoms with Gasteiger partial charge in [-0.2, -0.15) is 0 Å². The van der Waals surface area contributed by atoms with Crippen molar-refractivity contribution in [2.75, 3.05) is 40.5 Å². The Labute approximate surface area is 307 Å². The number of benzene rings is 3. The highest BCUT2D eigenvalue weighted by atomic mass is 35.5. The van der Waals surface area contributed by atoms with Gasteiger partial charge in [-0.3, -0.25) is 10.5 Å². The number of ether oxygens (including phenoxy) is 3. The van der Waals surface area contributed by atoms with Crippen molar-refractivity contribution in [3.8, 4) is 11.5 Å². The molecule has 3 saturated heterocycles. The lowest BCUT2D eigenvalue weighted by molar-refractivity contribution is -0.904. The molecule has 3 N–H and O–H groups in total. The number of piperidine rings is 3. The summed E-state index contributed by atoms with van der Waals surface area (Å²) < 4.78 is 17.8. The molecule has 268 valence electrons. The second kappa shape index (κ2) is 16.3. The van der Waals surface area contributed by atoms with Crippen molar-refractivity contribution in [3.05, 3.63) is 123 Å². The first-order chi connectivity index (χ1) is 24.6. The number of carboxylic acids is 1. The minimum Gasteiger partial charge on any atom is -0.493 e. The number of aromatic nitrogens is 1.